The Hall–Kier alpha value is -1.36. The minimum Gasteiger partial charge on any atom is -0.336 e. The van der Waals surface area contributed by atoms with Gasteiger partial charge in [-0.15, -0.1) is 0 Å². The molecule has 1 aromatic rings. The predicted molar refractivity (Wildman–Crippen MR) is 70.4 cm³/mol. The quantitative estimate of drug-likeness (QED) is 0.798. The lowest BCUT2D eigenvalue weighted by Gasteiger charge is -2.35. The van der Waals surface area contributed by atoms with E-state index in [4.69, 9.17) is 0 Å². The maximum Gasteiger partial charge on any atom is 0.257 e. The second-order valence-electron chi connectivity index (χ2n) is 5.39. The summed E-state index contributed by atoms with van der Waals surface area (Å²) >= 11 is 0. The molecule has 1 fully saturated rings. The van der Waals surface area contributed by atoms with Crippen molar-refractivity contribution in [3.8, 4) is 0 Å². The Morgan fingerprint density at radius 1 is 1.33 bits per heavy atom. The van der Waals surface area contributed by atoms with Crippen molar-refractivity contribution in [3.05, 3.63) is 18.0 Å². The van der Waals surface area contributed by atoms with E-state index >= 15 is 0 Å². The zero-order valence-corrected chi connectivity index (χ0v) is 11.5. The average Bonchev–Trinajstić information content (AvgIpc) is 2.75. The molecule has 2 rings (SSSR count). The van der Waals surface area contributed by atoms with Crippen LogP contribution >= 0.6 is 0 Å². The first kappa shape index (κ1) is 13.1. The van der Waals surface area contributed by atoms with Crippen LogP contribution in [0.5, 0.6) is 0 Å². The number of carbonyl (C=O) groups is 1. The van der Waals surface area contributed by atoms with E-state index in [-0.39, 0.29) is 5.91 Å². The van der Waals surface area contributed by atoms with Gasteiger partial charge in [-0.3, -0.25) is 14.4 Å². The van der Waals surface area contributed by atoms with Gasteiger partial charge in [-0.25, -0.2) is 0 Å². The molecule has 0 atom stereocenters. The monoisotopic (exact) mass is 250 g/mol. The van der Waals surface area contributed by atoms with E-state index in [1.807, 2.05) is 11.9 Å². The number of hydrogen-bond acceptors (Lipinski definition) is 3. The standard InChI is InChI=1S/C13H22N4O/c1-11(2)9-16-4-6-17(7-5-16)13(18)12-8-14-15(3)10-12/h8,10-11H,4-7,9H2,1-3H3. The van der Waals surface area contributed by atoms with Crippen molar-refractivity contribution in [3.63, 3.8) is 0 Å². The molecule has 0 aromatic carbocycles. The summed E-state index contributed by atoms with van der Waals surface area (Å²) in [6, 6.07) is 0. The Morgan fingerprint density at radius 3 is 2.50 bits per heavy atom. The molecular formula is C13H22N4O. The molecule has 0 bridgehead atoms. The molecule has 0 saturated carbocycles. The van der Waals surface area contributed by atoms with Crippen molar-refractivity contribution in [2.45, 2.75) is 13.8 Å². The van der Waals surface area contributed by atoms with Gasteiger partial charge in [0.1, 0.15) is 0 Å². The van der Waals surface area contributed by atoms with Crippen LogP contribution < -0.4 is 0 Å². The van der Waals surface area contributed by atoms with Crippen molar-refractivity contribution in [1.29, 1.82) is 0 Å². The maximum absolute atomic E-state index is 12.2. The van der Waals surface area contributed by atoms with Crippen molar-refractivity contribution in [1.82, 2.24) is 19.6 Å². The summed E-state index contributed by atoms with van der Waals surface area (Å²) in [5.74, 6) is 0.790. The van der Waals surface area contributed by atoms with Gasteiger partial charge in [0.15, 0.2) is 0 Å². The fourth-order valence-electron chi connectivity index (χ4n) is 2.36. The largest absolute Gasteiger partial charge is 0.336 e. The zero-order chi connectivity index (χ0) is 13.1. The minimum absolute atomic E-state index is 0.104. The third-order valence-corrected chi connectivity index (χ3v) is 3.23. The molecule has 0 spiro atoms. The molecule has 0 aliphatic carbocycles. The third kappa shape index (κ3) is 3.10. The molecule has 100 valence electrons. The molecular weight excluding hydrogens is 228 g/mol. The number of amides is 1. The Bertz CT molecular complexity index is 405. The van der Waals surface area contributed by atoms with Gasteiger partial charge in [0.2, 0.25) is 0 Å². The summed E-state index contributed by atoms with van der Waals surface area (Å²) in [5, 5.41) is 4.05. The van der Waals surface area contributed by atoms with Gasteiger partial charge in [-0.2, -0.15) is 5.10 Å². The number of nitrogens with zero attached hydrogens (tertiary/aromatic N) is 4. The van der Waals surface area contributed by atoms with Crippen LogP contribution in [0.15, 0.2) is 12.4 Å². The molecule has 18 heavy (non-hydrogen) atoms. The first-order valence-corrected chi connectivity index (χ1v) is 6.56. The van der Waals surface area contributed by atoms with E-state index in [9.17, 15) is 4.79 Å². The van der Waals surface area contributed by atoms with E-state index < -0.39 is 0 Å². The van der Waals surface area contributed by atoms with Crippen molar-refractivity contribution >= 4 is 5.91 Å². The Labute approximate surface area is 108 Å². The van der Waals surface area contributed by atoms with E-state index in [2.05, 4.69) is 23.8 Å². The van der Waals surface area contributed by atoms with Crippen LogP contribution in [-0.2, 0) is 7.05 Å². The lowest BCUT2D eigenvalue weighted by molar-refractivity contribution is 0.0623. The highest BCUT2D eigenvalue weighted by Gasteiger charge is 2.22. The molecule has 1 aliphatic rings. The molecule has 0 unspecified atom stereocenters. The van der Waals surface area contributed by atoms with Crippen molar-refractivity contribution in [2.24, 2.45) is 13.0 Å². The average molecular weight is 250 g/mol. The van der Waals surface area contributed by atoms with E-state index in [0.29, 0.717) is 11.5 Å². The molecule has 0 radical (unpaired) electrons. The SMILES string of the molecule is CC(C)CN1CCN(C(=O)c2cnn(C)c2)CC1. The lowest BCUT2D eigenvalue weighted by Crippen LogP contribution is -2.49. The normalized spacial score (nSPS) is 17.4. The predicted octanol–water partition coefficient (Wildman–Crippen LogP) is 0.834. The first-order valence-electron chi connectivity index (χ1n) is 6.56. The highest BCUT2D eigenvalue weighted by Crippen LogP contribution is 2.09. The maximum atomic E-state index is 12.2. The molecule has 5 nitrogen and oxygen atoms in total. The summed E-state index contributed by atoms with van der Waals surface area (Å²) in [6.07, 6.45) is 3.42. The van der Waals surface area contributed by atoms with Crippen LogP contribution in [0.1, 0.15) is 24.2 Å². The second kappa shape index (κ2) is 5.52. The van der Waals surface area contributed by atoms with E-state index in [1.54, 1.807) is 17.1 Å². The van der Waals surface area contributed by atoms with E-state index in [1.165, 1.54) is 0 Å². The van der Waals surface area contributed by atoms with Crippen LogP contribution in [0, 0.1) is 5.92 Å². The van der Waals surface area contributed by atoms with Gasteiger partial charge in [0, 0.05) is 46.0 Å². The van der Waals surface area contributed by atoms with Gasteiger partial charge in [0.05, 0.1) is 11.8 Å². The Balaban J connectivity index is 1.88. The fraction of sp³-hybridized carbons (Fsp3) is 0.692. The summed E-state index contributed by atoms with van der Waals surface area (Å²) in [5.41, 5.74) is 0.690. The summed E-state index contributed by atoms with van der Waals surface area (Å²) in [4.78, 5) is 16.5. The third-order valence-electron chi connectivity index (χ3n) is 3.23. The topological polar surface area (TPSA) is 41.4 Å². The number of hydrogen-bond donors (Lipinski definition) is 0. The number of piperazine rings is 1. The van der Waals surface area contributed by atoms with E-state index in [0.717, 1.165) is 32.7 Å². The summed E-state index contributed by atoms with van der Waals surface area (Å²) < 4.78 is 1.67. The molecule has 5 heteroatoms. The number of aromatic nitrogens is 2. The summed E-state index contributed by atoms with van der Waals surface area (Å²) in [6.45, 7) is 9.17. The number of rotatable bonds is 3. The molecule has 0 N–H and O–H groups in total. The lowest BCUT2D eigenvalue weighted by atomic mass is 10.2. The van der Waals surface area contributed by atoms with Gasteiger partial charge in [0.25, 0.3) is 5.91 Å². The first-order chi connectivity index (χ1) is 8.56. The Morgan fingerprint density at radius 2 is 2.00 bits per heavy atom. The highest BCUT2D eigenvalue weighted by molar-refractivity contribution is 5.93. The molecule has 2 heterocycles. The van der Waals surface area contributed by atoms with Crippen LogP contribution in [0.25, 0.3) is 0 Å². The van der Waals surface area contributed by atoms with Gasteiger partial charge in [-0.1, -0.05) is 13.8 Å². The smallest absolute Gasteiger partial charge is 0.257 e. The minimum atomic E-state index is 0.104. The number of aryl methyl sites for hydroxylation is 1. The van der Waals surface area contributed by atoms with Crippen LogP contribution in [0.4, 0.5) is 0 Å². The van der Waals surface area contributed by atoms with Crippen LogP contribution in [0.2, 0.25) is 0 Å². The molecule has 1 aliphatic heterocycles. The van der Waals surface area contributed by atoms with Gasteiger partial charge < -0.3 is 4.90 Å². The van der Waals surface area contributed by atoms with Crippen molar-refractivity contribution < 1.29 is 4.79 Å². The van der Waals surface area contributed by atoms with Crippen molar-refractivity contribution in [2.75, 3.05) is 32.7 Å². The highest BCUT2D eigenvalue weighted by atomic mass is 16.2. The summed E-state index contributed by atoms with van der Waals surface area (Å²) in [7, 11) is 1.83. The zero-order valence-electron chi connectivity index (χ0n) is 11.5. The molecule has 1 amide bonds. The van der Waals surface area contributed by atoms with Gasteiger partial charge in [-0.05, 0) is 5.92 Å². The van der Waals surface area contributed by atoms with Crippen LogP contribution in [-0.4, -0.2) is 58.2 Å². The fourth-order valence-corrected chi connectivity index (χ4v) is 2.36. The second-order valence-corrected chi connectivity index (χ2v) is 5.39. The van der Waals surface area contributed by atoms with Gasteiger partial charge >= 0.3 is 0 Å². The molecule has 1 saturated heterocycles. The molecule has 1 aromatic heterocycles. The van der Waals surface area contributed by atoms with Crippen LogP contribution in [0.3, 0.4) is 0 Å². The number of carbonyl (C=O) groups excluding carboxylic acids is 1. The Kier molecular flexibility index (Phi) is 4.01.